The molecule has 6 nitrogen and oxygen atoms in total. The molecule has 2 aromatic carbocycles. The Morgan fingerprint density at radius 1 is 1.11 bits per heavy atom. The predicted molar refractivity (Wildman–Crippen MR) is 121 cm³/mol. The molecule has 2 N–H and O–H groups in total. The van der Waals surface area contributed by atoms with Gasteiger partial charge >= 0.3 is 0 Å². The SMILES string of the molecule is CN=C(NCCS(=O)(=O)NCc1ccccc1)N1CCc2ccccc21.I. The average Bonchev–Trinajstić information content (AvgIpc) is 3.09. The van der Waals surface area contributed by atoms with E-state index in [-0.39, 0.29) is 29.7 Å². The quantitative estimate of drug-likeness (QED) is 0.363. The number of rotatable bonds is 6. The van der Waals surface area contributed by atoms with Gasteiger partial charge in [0.2, 0.25) is 10.0 Å². The summed E-state index contributed by atoms with van der Waals surface area (Å²) in [4.78, 5) is 6.39. The third kappa shape index (κ3) is 5.91. The third-order valence-corrected chi connectivity index (χ3v) is 5.67. The highest BCUT2D eigenvalue weighted by atomic mass is 127. The van der Waals surface area contributed by atoms with Gasteiger partial charge in [0, 0.05) is 32.4 Å². The largest absolute Gasteiger partial charge is 0.355 e. The smallest absolute Gasteiger partial charge is 0.213 e. The molecule has 3 rings (SSSR count). The number of hydrogen-bond acceptors (Lipinski definition) is 3. The lowest BCUT2D eigenvalue weighted by molar-refractivity contribution is 0.580. The molecule has 0 fully saturated rings. The normalized spacial score (nSPS) is 13.8. The van der Waals surface area contributed by atoms with E-state index in [2.05, 4.69) is 32.1 Å². The summed E-state index contributed by atoms with van der Waals surface area (Å²) in [5.74, 6) is 0.696. The van der Waals surface area contributed by atoms with Crippen LogP contribution in [-0.2, 0) is 23.0 Å². The number of fused-ring (bicyclic) bond motifs is 1. The van der Waals surface area contributed by atoms with Crippen LogP contribution in [0, 0.1) is 0 Å². The zero-order valence-electron chi connectivity index (χ0n) is 15.3. The molecule has 146 valence electrons. The Labute approximate surface area is 178 Å². The highest BCUT2D eigenvalue weighted by Crippen LogP contribution is 2.27. The Kier molecular flexibility index (Phi) is 8.06. The second kappa shape index (κ2) is 10.0. The van der Waals surface area contributed by atoms with Crippen molar-refractivity contribution in [3.05, 3.63) is 65.7 Å². The zero-order chi connectivity index (χ0) is 18.4. The number of aliphatic imine (C=N–C) groups is 1. The van der Waals surface area contributed by atoms with E-state index in [0.717, 1.165) is 24.2 Å². The molecule has 0 saturated carbocycles. The third-order valence-electron chi connectivity index (χ3n) is 4.35. The first-order valence-electron chi connectivity index (χ1n) is 8.66. The minimum atomic E-state index is -3.35. The molecule has 27 heavy (non-hydrogen) atoms. The van der Waals surface area contributed by atoms with Crippen molar-refractivity contribution in [1.82, 2.24) is 10.0 Å². The van der Waals surface area contributed by atoms with Crippen molar-refractivity contribution in [2.75, 3.05) is 30.8 Å². The molecule has 0 aromatic heterocycles. The van der Waals surface area contributed by atoms with E-state index in [4.69, 9.17) is 0 Å². The number of hydrogen-bond donors (Lipinski definition) is 2. The van der Waals surface area contributed by atoms with Crippen LogP contribution in [0.4, 0.5) is 5.69 Å². The van der Waals surface area contributed by atoms with Gasteiger partial charge in [0.1, 0.15) is 0 Å². The van der Waals surface area contributed by atoms with Gasteiger partial charge in [0.05, 0.1) is 5.75 Å². The molecule has 0 saturated heterocycles. The van der Waals surface area contributed by atoms with E-state index < -0.39 is 10.0 Å². The van der Waals surface area contributed by atoms with Crippen molar-refractivity contribution in [3.8, 4) is 0 Å². The number of sulfonamides is 1. The Bertz CT molecular complexity index is 872. The van der Waals surface area contributed by atoms with Gasteiger partial charge in [-0.25, -0.2) is 13.1 Å². The van der Waals surface area contributed by atoms with Crippen molar-refractivity contribution in [2.45, 2.75) is 13.0 Å². The predicted octanol–water partition coefficient (Wildman–Crippen LogP) is 2.36. The fourth-order valence-electron chi connectivity index (χ4n) is 3.01. The fourth-order valence-corrected chi connectivity index (χ4v) is 3.91. The Hall–Kier alpha value is -1.65. The van der Waals surface area contributed by atoms with E-state index >= 15 is 0 Å². The minimum Gasteiger partial charge on any atom is -0.355 e. The number of nitrogens with one attached hydrogen (secondary N) is 2. The first-order chi connectivity index (χ1) is 12.6. The van der Waals surface area contributed by atoms with Crippen LogP contribution in [0.15, 0.2) is 59.6 Å². The first-order valence-corrected chi connectivity index (χ1v) is 10.3. The van der Waals surface area contributed by atoms with Crippen LogP contribution < -0.4 is 14.9 Å². The molecule has 8 heteroatoms. The Balaban J connectivity index is 0.00000261. The number of benzene rings is 2. The number of anilines is 1. The summed E-state index contributed by atoms with van der Waals surface area (Å²) in [6.45, 7) is 1.45. The standard InChI is InChI=1S/C19H24N4O2S.HI/c1-20-19(23-13-11-17-9-5-6-10-18(17)23)21-12-14-26(24,25)22-15-16-7-3-2-4-8-16;/h2-10,22H,11-15H2,1H3,(H,20,21);1H. The molecule has 0 unspecified atom stereocenters. The summed E-state index contributed by atoms with van der Waals surface area (Å²) < 4.78 is 27.0. The molecule has 0 amide bonds. The molecule has 0 aliphatic carbocycles. The summed E-state index contributed by atoms with van der Waals surface area (Å²) >= 11 is 0. The van der Waals surface area contributed by atoms with Gasteiger partial charge in [-0.2, -0.15) is 0 Å². The van der Waals surface area contributed by atoms with Gasteiger partial charge in [-0.15, -0.1) is 24.0 Å². The van der Waals surface area contributed by atoms with Gasteiger partial charge in [0.25, 0.3) is 0 Å². The molecular formula is C19H25IN4O2S. The number of guanidine groups is 1. The lowest BCUT2D eigenvalue weighted by Gasteiger charge is -2.22. The van der Waals surface area contributed by atoms with Gasteiger partial charge in [-0.05, 0) is 23.6 Å². The highest BCUT2D eigenvalue weighted by Gasteiger charge is 2.22. The monoisotopic (exact) mass is 500 g/mol. The van der Waals surface area contributed by atoms with Crippen LogP contribution in [0.2, 0.25) is 0 Å². The first kappa shape index (κ1) is 21.6. The topological polar surface area (TPSA) is 73.8 Å². The van der Waals surface area contributed by atoms with Crippen LogP contribution in [-0.4, -0.2) is 40.3 Å². The lowest BCUT2D eigenvalue weighted by Crippen LogP contribution is -2.43. The Morgan fingerprint density at radius 2 is 1.81 bits per heavy atom. The molecule has 1 aliphatic heterocycles. The van der Waals surface area contributed by atoms with Crippen molar-refractivity contribution >= 4 is 45.6 Å². The molecule has 1 heterocycles. The summed E-state index contributed by atoms with van der Waals surface area (Å²) in [6, 6.07) is 17.7. The number of para-hydroxylation sites is 1. The van der Waals surface area contributed by atoms with Crippen molar-refractivity contribution < 1.29 is 8.42 Å². The van der Waals surface area contributed by atoms with Gasteiger partial charge in [-0.1, -0.05) is 48.5 Å². The van der Waals surface area contributed by atoms with E-state index in [1.807, 2.05) is 42.5 Å². The van der Waals surface area contributed by atoms with E-state index in [1.54, 1.807) is 7.05 Å². The maximum atomic E-state index is 12.2. The Morgan fingerprint density at radius 3 is 2.56 bits per heavy atom. The van der Waals surface area contributed by atoms with E-state index in [9.17, 15) is 8.42 Å². The molecule has 1 aliphatic rings. The molecule has 0 radical (unpaired) electrons. The average molecular weight is 500 g/mol. The zero-order valence-corrected chi connectivity index (χ0v) is 18.4. The molecule has 0 bridgehead atoms. The van der Waals surface area contributed by atoms with Crippen LogP contribution in [0.5, 0.6) is 0 Å². The number of nitrogens with zero attached hydrogens (tertiary/aromatic N) is 2. The fraction of sp³-hybridized carbons (Fsp3) is 0.316. The second-order valence-corrected chi connectivity index (χ2v) is 8.06. The van der Waals surface area contributed by atoms with Gasteiger partial charge in [0.15, 0.2) is 5.96 Å². The van der Waals surface area contributed by atoms with Gasteiger partial charge in [-0.3, -0.25) is 4.99 Å². The van der Waals surface area contributed by atoms with Crippen LogP contribution in [0.1, 0.15) is 11.1 Å². The molecule has 0 atom stereocenters. The van der Waals surface area contributed by atoms with Crippen molar-refractivity contribution in [2.24, 2.45) is 4.99 Å². The summed E-state index contributed by atoms with van der Waals surface area (Å²) in [6.07, 6.45) is 0.966. The maximum absolute atomic E-state index is 12.2. The molecule has 0 spiro atoms. The molecule has 2 aromatic rings. The summed E-state index contributed by atoms with van der Waals surface area (Å²) in [5.41, 5.74) is 3.35. The minimum absolute atomic E-state index is 0. The van der Waals surface area contributed by atoms with Crippen LogP contribution in [0.25, 0.3) is 0 Å². The maximum Gasteiger partial charge on any atom is 0.213 e. The van der Waals surface area contributed by atoms with E-state index in [1.165, 1.54) is 5.56 Å². The van der Waals surface area contributed by atoms with Crippen LogP contribution >= 0.6 is 24.0 Å². The van der Waals surface area contributed by atoms with Gasteiger partial charge < -0.3 is 10.2 Å². The summed E-state index contributed by atoms with van der Waals surface area (Å²) in [5, 5.41) is 3.16. The van der Waals surface area contributed by atoms with Crippen molar-refractivity contribution in [3.63, 3.8) is 0 Å². The number of halogens is 1. The highest BCUT2D eigenvalue weighted by molar-refractivity contribution is 14.0. The summed E-state index contributed by atoms with van der Waals surface area (Å²) in [7, 11) is -1.64. The van der Waals surface area contributed by atoms with E-state index in [0.29, 0.717) is 19.0 Å². The lowest BCUT2D eigenvalue weighted by atomic mass is 10.2. The van der Waals surface area contributed by atoms with Crippen molar-refractivity contribution in [1.29, 1.82) is 0 Å². The molecular weight excluding hydrogens is 475 g/mol. The van der Waals surface area contributed by atoms with Crippen LogP contribution in [0.3, 0.4) is 0 Å². The second-order valence-electron chi connectivity index (χ2n) is 6.13.